The maximum atomic E-state index is 12.0. The molecule has 2 heterocycles. The van der Waals surface area contributed by atoms with Crippen LogP contribution in [0.3, 0.4) is 0 Å². The molecular weight excluding hydrogens is 284 g/mol. The standard InChI is InChI=1S/C16H14N2O2S/c1-11-4-6-12(7-5-11)15(19)17-9-13-10-20-16(18-13)14-3-2-8-21-14/h2-8,10H,9H2,1H3,(H,17,19). The van der Waals surface area contributed by atoms with Crippen LogP contribution in [0.1, 0.15) is 21.6 Å². The SMILES string of the molecule is Cc1ccc(C(=O)NCc2coc(-c3cccs3)n2)cc1. The maximum Gasteiger partial charge on any atom is 0.251 e. The Kier molecular flexibility index (Phi) is 3.83. The van der Waals surface area contributed by atoms with E-state index in [1.54, 1.807) is 17.6 Å². The first-order valence-corrected chi connectivity index (χ1v) is 7.43. The molecule has 3 rings (SSSR count). The minimum absolute atomic E-state index is 0.115. The summed E-state index contributed by atoms with van der Waals surface area (Å²) in [6, 6.07) is 11.4. The fourth-order valence-corrected chi connectivity index (χ4v) is 2.53. The molecule has 0 saturated heterocycles. The molecule has 1 N–H and O–H groups in total. The Bertz CT molecular complexity index is 730. The van der Waals surface area contributed by atoms with Gasteiger partial charge in [-0.3, -0.25) is 4.79 Å². The Labute approximate surface area is 126 Å². The third-order valence-electron chi connectivity index (χ3n) is 3.03. The summed E-state index contributed by atoms with van der Waals surface area (Å²) in [6.45, 7) is 2.34. The van der Waals surface area contributed by atoms with E-state index < -0.39 is 0 Å². The number of amides is 1. The number of nitrogens with zero attached hydrogens (tertiary/aromatic N) is 1. The molecule has 1 amide bonds. The monoisotopic (exact) mass is 298 g/mol. The van der Waals surface area contributed by atoms with Gasteiger partial charge in [-0.2, -0.15) is 0 Å². The van der Waals surface area contributed by atoms with Crippen molar-refractivity contribution in [2.24, 2.45) is 0 Å². The van der Waals surface area contributed by atoms with Crippen LogP contribution in [-0.4, -0.2) is 10.9 Å². The first kappa shape index (κ1) is 13.6. The van der Waals surface area contributed by atoms with Gasteiger partial charge < -0.3 is 9.73 Å². The van der Waals surface area contributed by atoms with Gasteiger partial charge in [0.1, 0.15) is 6.26 Å². The van der Waals surface area contributed by atoms with Crippen LogP contribution in [0.2, 0.25) is 0 Å². The topological polar surface area (TPSA) is 55.1 Å². The number of oxazole rings is 1. The van der Waals surface area contributed by atoms with Gasteiger partial charge in [0.25, 0.3) is 5.91 Å². The van der Waals surface area contributed by atoms with Crippen LogP contribution in [0.5, 0.6) is 0 Å². The third kappa shape index (κ3) is 3.20. The first-order valence-electron chi connectivity index (χ1n) is 6.55. The lowest BCUT2D eigenvalue weighted by Gasteiger charge is -2.03. The lowest BCUT2D eigenvalue weighted by molar-refractivity contribution is 0.0950. The lowest BCUT2D eigenvalue weighted by atomic mass is 10.1. The van der Waals surface area contributed by atoms with E-state index in [-0.39, 0.29) is 5.91 Å². The molecule has 4 nitrogen and oxygen atoms in total. The molecule has 0 saturated carbocycles. The fraction of sp³-hybridized carbons (Fsp3) is 0.125. The highest BCUT2D eigenvalue weighted by Crippen LogP contribution is 2.23. The van der Waals surface area contributed by atoms with E-state index in [1.165, 1.54) is 0 Å². The van der Waals surface area contributed by atoms with Gasteiger partial charge in [0.2, 0.25) is 5.89 Å². The molecule has 5 heteroatoms. The van der Waals surface area contributed by atoms with E-state index in [0.29, 0.717) is 23.7 Å². The summed E-state index contributed by atoms with van der Waals surface area (Å²) in [5, 5.41) is 4.81. The van der Waals surface area contributed by atoms with E-state index in [4.69, 9.17) is 4.42 Å². The summed E-state index contributed by atoms with van der Waals surface area (Å²) in [7, 11) is 0. The first-order chi connectivity index (χ1) is 10.2. The summed E-state index contributed by atoms with van der Waals surface area (Å²) >= 11 is 1.57. The van der Waals surface area contributed by atoms with Crippen molar-refractivity contribution in [3.63, 3.8) is 0 Å². The predicted molar refractivity (Wildman–Crippen MR) is 82.2 cm³/mol. The number of benzene rings is 1. The van der Waals surface area contributed by atoms with Crippen LogP contribution >= 0.6 is 11.3 Å². The second-order valence-corrected chi connectivity index (χ2v) is 5.62. The van der Waals surface area contributed by atoms with Gasteiger partial charge in [0.05, 0.1) is 17.1 Å². The van der Waals surface area contributed by atoms with Gasteiger partial charge in [-0.15, -0.1) is 11.3 Å². The van der Waals surface area contributed by atoms with Gasteiger partial charge in [-0.05, 0) is 30.5 Å². The molecular formula is C16H14N2O2S. The highest BCUT2D eigenvalue weighted by Gasteiger charge is 2.09. The molecule has 0 aliphatic carbocycles. The summed E-state index contributed by atoms with van der Waals surface area (Å²) in [5.74, 6) is 0.472. The minimum atomic E-state index is -0.115. The molecule has 3 aromatic rings. The van der Waals surface area contributed by atoms with E-state index in [0.717, 1.165) is 10.4 Å². The van der Waals surface area contributed by atoms with Gasteiger partial charge in [-0.1, -0.05) is 23.8 Å². The number of hydrogen-bond acceptors (Lipinski definition) is 4. The maximum absolute atomic E-state index is 12.0. The number of nitrogens with one attached hydrogen (secondary N) is 1. The smallest absolute Gasteiger partial charge is 0.251 e. The van der Waals surface area contributed by atoms with Crippen LogP contribution in [0.4, 0.5) is 0 Å². The second-order valence-electron chi connectivity index (χ2n) is 4.67. The van der Waals surface area contributed by atoms with E-state index in [2.05, 4.69) is 10.3 Å². The average Bonchev–Trinajstić information content (AvgIpc) is 3.16. The zero-order valence-corrected chi connectivity index (χ0v) is 12.3. The zero-order chi connectivity index (χ0) is 14.7. The Hall–Kier alpha value is -2.40. The highest BCUT2D eigenvalue weighted by molar-refractivity contribution is 7.13. The molecule has 0 aliphatic rings. The Morgan fingerprint density at radius 3 is 2.81 bits per heavy atom. The summed E-state index contributed by atoms with van der Waals surface area (Å²) < 4.78 is 5.41. The molecule has 2 aromatic heterocycles. The average molecular weight is 298 g/mol. The fourth-order valence-electron chi connectivity index (χ4n) is 1.88. The van der Waals surface area contributed by atoms with Gasteiger partial charge in [0.15, 0.2) is 0 Å². The summed E-state index contributed by atoms with van der Waals surface area (Å²) in [4.78, 5) is 17.3. The Morgan fingerprint density at radius 2 is 2.10 bits per heavy atom. The predicted octanol–water partition coefficient (Wildman–Crippen LogP) is 3.64. The molecule has 0 radical (unpaired) electrons. The molecule has 0 aliphatic heterocycles. The number of carbonyl (C=O) groups is 1. The van der Waals surface area contributed by atoms with Crippen molar-refractivity contribution in [2.45, 2.75) is 13.5 Å². The number of carbonyl (C=O) groups excluding carboxylic acids is 1. The highest BCUT2D eigenvalue weighted by atomic mass is 32.1. The zero-order valence-electron chi connectivity index (χ0n) is 11.5. The van der Waals surface area contributed by atoms with Crippen molar-refractivity contribution >= 4 is 17.2 Å². The second kappa shape index (κ2) is 5.93. The lowest BCUT2D eigenvalue weighted by Crippen LogP contribution is -2.22. The van der Waals surface area contributed by atoms with Crippen molar-refractivity contribution in [3.8, 4) is 10.8 Å². The van der Waals surface area contributed by atoms with Gasteiger partial charge in [-0.25, -0.2) is 4.98 Å². The van der Waals surface area contributed by atoms with E-state index in [9.17, 15) is 4.79 Å². The third-order valence-corrected chi connectivity index (χ3v) is 3.89. The number of hydrogen-bond donors (Lipinski definition) is 1. The summed E-state index contributed by atoms with van der Waals surface area (Å²) in [5.41, 5.74) is 2.48. The Morgan fingerprint density at radius 1 is 1.29 bits per heavy atom. The van der Waals surface area contributed by atoms with Crippen LogP contribution in [-0.2, 0) is 6.54 Å². The summed E-state index contributed by atoms with van der Waals surface area (Å²) in [6.07, 6.45) is 1.57. The molecule has 1 aromatic carbocycles. The van der Waals surface area contributed by atoms with Gasteiger partial charge >= 0.3 is 0 Å². The molecule has 0 unspecified atom stereocenters. The number of rotatable bonds is 4. The molecule has 0 bridgehead atoms. The van der Waals surface area contributed by atoms with Crippen LogP contribution in [0.25, 0.3) is 10.8 Å². The molecule has 0 spiro atoms. The number of aryl methyl sites for hydroxylation is 1. The van der Waals surface area contributed by atoms with E-state index in [1.807, 2.05) is 48.7 Å². The molecule has 21 heavy (non-hydrogen) atoms. The Balaban J connectivity index is 1.62. The van der Waals surface area contributed by atoms with Crippen LogP contribution in [0.15, 0.2) is 52.5 Å². The minimum Gasteiger partial charge on any atom is -0.443 e. The molecule has 0 fully saturated rings. The van der Waals surface area contributed by atoms with Crippen molar-refractivity contribution in [1.29, 1.82) is 0 Å². The number of thiophene rings is 1. The van der Waals surface area contributed by atoms with Crippen LogP contribution in [0, 0.1) is 6.92 Å². The van der Waals surface area contributed by atoms with Crippen molar-refractivity contribution < 1.29 is 9.21 Å². The van der Waals surface area contributed by atoms with Crippen molar-refractivity contribution in [1.82, 2.24) is 10.3 Å². The largest absolute Gasteiger partial charge is 0.443 e. The van der Waals surface area contributed by atoms with Crippen LogP contribution < -0.4 is 5.32 Å². The normalized spacial score (nSPS) is 10.5. The van der Waals surface area contributed by atoms with Crippen molar-refractivity contribution in [3.05, 3.63) is 64.9 Å². The molecule has 0 atom stereocenters. The van der Waals surface area contributed by atoms with E-state index >= 15 is 0 Å². The quantitative estimate of drug-likeness (QED) is 0.800. The van der Waals surface area contributed by atoms with Gasteiger partial charge in [0, 0.05) is 5.56 Å². The van der Waals surface area contributed by atoms with Crippen molar-refractivity contribution in [2.75, 3.05) is 0 Å². The molecule has 106 valence electrons. The number of aromatic nitrogens is 1.